The Morgan fingerprint density at radius 3 is 2.44 bits per heavy atom. The number of nitrogens with zero attached hydrogens (tertiary/aromatic N) is 3. The predicted molar refractivity (Wildman–Crippen MR) is 64.4 cm³/mol. The lowest BCUT2D eigenvalue weighted by Crippen LogP contribution is -2.42. The smallest absolute Gasteiger partial charge is 0.126 e. The monoisotopic (exact) mass is 223 g/mol. The van der Waals surface area contributed by atoms with Gasteiger partial charge in [0.15, 0.2) is 0 Å². The first-order valence-electron chi connectivity index (χ1n) is 5.94. The molecular weight excluding hydrogens is 202 g/mol. The van der Waals surface area contributed by atoms with E-state index in [1.54, 1.807) is 0 Å². The van der Waals surface area contributed by atoms with Crippen LogP contribution in [0.15, 0.2) is 12.3 Å². The number of anilines is 1. The summed E-state index contributed by atoms with van der Waals surface area (Å²) in [7, 11) is 1.97. The maximum absolute atomic E-state index is 9.98. The number of hydrogen-bond donors (Lipinski definition) is 1. The minimum Gasteiger partial charge on any atom is -0.390 e. The van der Waals surface area contributed by atoms with E-state index in [1.807, 2.05) is 37.8 Å². The first-order valence-corrected chi connectivity index (χ1v) is 5.94. The van der Waals surface area contributed by atoms with Crippen molar-refractivity contribution in [2.24, 2.45) is 13.0 Å². The molecule has 2 heterocycles. The van der Waals surface area contributed by atoms with Crippen molar-refractivity contribution >= 4 is 5.82 Å². The molecular formula is C12H21N3O. The molecule has 90 valence electrons. The largest absolute Gasteiger partial charge is 0.390 e. The minimum atomic E-state index is -0.543. The summed E-state index contributed by atoms with van der Waals surface area (Å²) < 4.78 is 1.91. The molecule has 4 nitrogen and oxygen atoms in total. The number of aliphatic hydroxyl groups is 1. The lowest BCUT2D eigenvalue weighted by Gasteiger charge is -2.38. The van der Waals surface area contributed by atoms with Gasteiger partial charge in [0.05, 0.1) is 11.8 Å². The van der Waals surface area contributed by atoms with Crippen molar-refractivity contribution in [1.29, 1.82) is 0 Å². The maximum atomic E-state index is 9.98. The highest BCUT2D eigenvalue weighted by atomic mass is 16.3. The van der Waals surface area contributed by atoms with Crippen LogP contribution in [-0.4, -0.2) is 33.6 Å². The molecule has 0 radical (unpaired) electrons. The highest BCUT2D eigenvalue weighted by Crippen LogP contribution is 2.29. The number of aryl methyl sites for hydroxylation is 1. The van der Waals surface area contributed by atoms with Crippen molar-refractivity contribution in [2.45, 2.75) is 32.3 Å². The summed E-state index contributed by atoms with van der Waals surface area (Å²) in [6.45, 7) is 5.84. The third kappa shape index (κ3) is 2.21. The van der Waals surface area contributed by atoms with Gasteiger partial charge >= 0.3 is 0 Å². The molecule has 1 fully saturated rings. The average molecular weight is 223 g/mol. The summed E-state index contributed by atoms with van der Waals surface area (Å²) >= 11 is 0. The van der Waals surface area contributed by atoms with Gasteiger partial charge in [-0.3, -0.25) is 4.68 Å². The van der Waals surface area contributed by atoms with Gasteiger partial charge in [0.1, 0.15) is 5.82 Å². The molecule has 0 spiro atoms. The van der Waals surface area contributed by atoms with E-state index in [0.717, 1.165) is 25.9 Å². The number of aromatic nitrogens is 2. The summed E-state index contributed by atoms with van der Waals surface area (Å²) in [5.41, 5.74) is -0.543. The molecule has 0 bridgehead atoms. The molecule has 4 heteroatoms. The summed E-state index contributed by atoms with van der Waals surface area (Å²) in [4.78, 5) is 2.34. The van der Waals surface area contributed by atoms with Crippen molar-refractivity contribution in [2.75, 3.05) is 18.0 Å². The zero-order valence-electron chi connectivity index (χ0n) is 10.3. The Labute approximate surface area is 96.9 Å². The van der Waals surface area contributed by atoms with Gasteiger partial charge in [-0.25, -0.2) is 0 Å². The Hall–Kier alpha value is -1.03. The van der Waals surface area contributed by atoms with E-state index >= 15 is 0 Å². The Kier molecular flexibility index (Phi) is 2.93. The number of rotatable bonds is 2. The van der Waals surface area contributed by atoms with Crippen LogP contribution in [0.3, 0.4) is 0 Å². The summed E-state index contributed by atoms with van der Waals surface area (Å²) in [6.07, 6.45) is 3.93. The fourth-order valence-electron chi connectivity index (χ4n) is 2.49. The Balaban J connectivity index is 1.98. The van der Waals surface area contributed by atoms with Crippen LogP contribution in [0.25, 0.3) is 0 Å². The average Bonchev–Trinajstić information content (AvgIpc) is 2.63. The zero-order chi connectivity index (χ0) is 11.8. The first-order chi connectivity index (χ1) is 7.48. The minimum absolute atomic E-state index is 0.414. The molecule has 1 aromatic rings. The third-order valence-electron chi connectivity index (χ3n) is 3.61. The molecule has 16 heavy (non-hydrogen) atoms. The second kappa shape index (κ2) is 4.09. The lowest BCUT2D eigenvalue weighted by molar-refractivity contribution is 0.00642. The van der Waals surface area contributed by atoms with E-state index in [2.05, 4.69) is 10.00 Å². The lowest BCUT2D eigenvalue weighted by atomic mass is 9.83. The van der Waals surface area contributed by atoms with Crippen molar-refractivity contribution in [1.82, 2.24) is 9.78 Å². The molecule has 0 amide bonds. The molecule has 1 saturated heterocycles. The SMILES string of the molecule is Cn1nccc1N1CCC(C(C)(C)O)CC1. The van der Waals surface area contributed by atoms with Crippen LogP contribution in [-0.2, 0) is 7.05 Å². The highest BCUT2D eigenvalue weighted by molar-refractivity contribution is 5.38. The van der Waals surface area contributed by atoms with Crippen LogP contribution in [0.2, 0.25) is 0 Å². The van der Waals surface area contributed by atoms with E-state index in [1.165, 1.54) is 5.82 Å². The van der Waals surface area contributed by atoms with Crippen LogP contribution in [0, 0.1) is 5.92 Å². The van der Waals surface area contributed by atoms with Gasteiger partial charge in [-0.2, -0.15) is 5.10 Å². The molecule has 1 aliphatic rings. The molecule has 1 aliphatic heterocycles. The van der Waals surface area contributed by atoms with Gasteiger partial charge in [-0.15, -0.1) is 0 Å². The number of piperidine rings is 1. The molecule has 0 aromatic carbocycles. The van der Waals surface area contributed by atoms with Crippen LogP contribution in [0.1, 0.15) is 26.7 Å². The van der Waals surface area contributed by atoms with E-state index in [4.69, 9.17) is 0 Å². The van der Waals surface area contributed by atoms with E-state index in [-0.39, 0.29) is 0 Å². The Morgan fingerprint density at radius 1 is 1.38 bits per heavy atom. The second-order valence-corrected chi connectivity index (χ2v) is 5.23. The topological polar surface area (TPSA) is 41.3 Å². The van der Waals surface area contributed by atoms with Gasteiger partial charge in [0.2, 0.25) is 0 Å². The maximum Gasteiger partial charge on any atom is 0.126 e. The summed E-state index contributed by atoms with van der Waals surface area (Å²) in [6, 6.07) is 2.05. The van der Waals surface area contributed by atoms with Crippen LogP contribution < -0.4 is 4.90 Å². The Bertz CT molecular complexity index is 345. The van der Waals surface area contributed by atoms with Crippen LogP contribution in [0.4, 0.5) is 5.82 Å². The molecule has 0 unspecified atom stereocenters. The van der Waals surface area contributed by atoms with Crippen molar-refractivity contribution < 1.29 is 5.11 Å². The van der Waals surface area contributed by atoms with Gasteiger partial charge < -0.3 is 10.0 Å². The normalized spacial score (nSPS) is 19.1. The predicted octanol–water partition coefficient (Wildman–Crippen LogP) is 1.41. The molecule has 1 aromatic heterocycles. The molecule has 0 aliphatic carbocycles. The molecule has 1 N–H and O–H groups in total. The number of hydrogen-bond acceptors (Lipinski definition) is 3. The van der Waals surface area contributed by atoms with Gasteiger partial charge in [-0.05, 0) is 32.6 Å². The van der Waals surface area contributed by atoms with Crippen LogP contribution in [0.5, 0.6) is 0 Å². The van der Waals surface area contributed by atoms with Gasteiger partial charge in [-0.1, -0.05) is 0 Å². The van der Waals surface area contributed by atoms with Crippen molar-refractivity contribution in [3.8, 4) is 0 Å². The fraction of sp³-hybridized carbons (Fsp3) is 0.750. The first kappa shape index (κ1) is 11.5. The summed E-state index contributed by atoms with van der Waals surface area (Å²) in [5, 5.41) is 14.2. The quantitative estimate of drug-likeness (QED) is 0.824. The fourth-order valence-corrected chi connectivity index (χ4v) is 2.49. The zero-order valence-corrected chi connectivity index (χ0v) is 10.3. The molecule has 0 atom stereocenters. The third-order valence-corrected chi connectivity index (χ3v) is 3.61. The molecule has 0 saturated carbocycles. The highest BCUT2D eigenvalue weighted by Gasteiger charge is 2.30. The van der Waals surface area contributed by atoms with Gasteiger partial charge in [0, 0.05) is 26.2 Å². The van der Waals surface area contributed by atoms with Crippen LogP contribution >= 0.6 is 0 Å². The second-order valence-electron chi connectivity index (χ2n) is 5.23. The van der Waals surface area contributed by atoms with E-state index < -0.39 is 5.60 Å². The van der Waals surface area contributed by atoms with Gasteiger partial charge in [0.25, 0.3) is 0 Å². The molecule has 2 rings (SSSR count). The van der Waals surface area contributed by atoms with E-state index in [9.17, 15) is 5.11 Å². The summed E-state index contributed by atoms with van der Waals surface area (Å²) in [5.74, 6) is 1.59. The standard InChI is InChI=1S/C12H21N3O/c1-12(2,16)10-5-8-15(9-6-10)11-4-7-13-14(11)3/h4,7,10,16H,5-6,8-9H2,1-3H3. The van der Waals surface area contributed by atoms with E-state index in [0.29, 0.717) is 5.92 Å². The Morgan fingerprint density at radius 2 is 2.00 bits per heavy atom. The van der Waals surface area contributed by atoms with Crippen molar-refractivity contribution in [3.63, 3.8) is 0 Å². The van der Waals surface area contributed by atoms with Crippen molar-refractivity contribution in [3.05, 3.63) is 12.3 Å².